The number of nitrogens with one attached hydrogen (secondary N) is 1. The molecule has 2 nitrogen and oxygen atoms in total. The molecule has 1 saturated carbocycles. The molecule has 2 fully saturated rings. The fraction of sp³-hybridized carbons (Fsp3) is 1.00. The predicted octanol–water partition coefficient (Wildman–Crippen LogP) is -0.00530. The molecule has 1 N–H and O–H groups in total. The molecule has 2 heteroatoms. The zero-order chi connectivity index (χ0) is 5.61. The Labute approximate surface area is 49.2 Å². The summed E-state index contributed by atoms with van der Waals surface area (Å²) >= 11 is 0. The van der Waals surface area contributed by atoms with Crippen molar-refractivity contribution >= 4 is 0 Å². The third kappa shape index (κ3) is 0.400. The van der Waals surface area contributed by atoms with Gasteiger partial charge < -0.3 is 10.1 Å². The Kier molecular flexibility index (Phi) is 0.746. The minimum Gasteiger partial charge on any atom is -0.380 e. The first-order valence-corrected chi connectivity index (χ1v) is 3.12. The molecule has 8 heavy (non-hydrogen) atoms. The van der Waals surface area contributed by atoms with Crippen LogP contribution in [0.1, 0.15) is 6.42 Å². The van der Waals surface area contributed by atoms with Crippen LogP contribution in [0.3, 0.4) is 0 Å². The van der Waals surface area contributed by atoms with Gasteiger partial charge in [0.25, 0.3) is 0 Å². The maximum absolute atomic E-state index is 5.09. The SMILES string of the molecule is CNC1CC12COC2. The van der Waals surface area contributed by atoms with Crippen molar-refractivity contribution < 1.29 is 4.74 Å². The van der Waals surface area contributed by atoms with Crippen LogP contribution in [0.15, 0.2) is 0 Å². The van der Waals surface area contributed by atoms with Gasteiger partial charge in [0, 0.05) is 11.5 Å². The lowest BCUT2D eigenvalue weighted by Gasteiger charge is -2.26. The Balaban J connectivity index is 1.93. The van der Waals surface area contributed by atoms with Crippen molar-refractivity contribution in [2.45, 2.75) is 12.5 Å². The van der Waals surface area contributed by atoms with Crippen LogP contribution in [0, 0.1) is 5.41 Å². The molecule has 2 rings (SSSR count). The first-order chi connectivity index (χ1) is 3.87. The Bertz CT molecular complexity index is 109. The van der Waals surface area contributed by atoms with E-state index in [0.29, 0.717) is 5.41 Å². The predicted molar refractivity (Wildman–Crippen MR) is 30.7 cm³/mol. The van der Waals surface area contributed by atoms with Crippen LogP contribution in [0.2, 0.25) is 0 Å². The van der Waals surface area contributed by atoms with Gasteiger partial charge in [-0.2, -0.15) is 0 Å². The summed E-state index contributed by atoms with van der Waals surface area (Å²) in [4.78, 5) is 0. The third-order valence-corrected chi connectivity index (χ3v) is 2.32. The fourth-order valence-corrected chi connectivity index (χ4v) is 1.44. The molecule has 2 aliphatic rings. The second-order valence-electron chi connectivity index (χ2n) is 2.90. The van der Waals surface area contributed by atoms with Gasteiger partial charge in [-0.25, -0.2) is 0 Å². The highest BCUT2D eigenvalue weighted by Crippen LogP contribution is 2.51. The van der Waals surface area contributed by atoms with Crippen LogP contribution < -0.4 is 5.32 Å². The number of ether oxygens (including phenoxy) is 1. The van der Waals surface area contributed by atoms with Crippen molar-refractivity contribution in [2.24, 2.45) is 5.41 Å². The van der Waals surface area contributed by atoms with E-state index in [0.717, 1.165) is 19.3 Å². The van der Waals surface area contributed by atoms with Crippen LogP contribution in [0.4, 0.5) is 0 Å². The van der Waals surface area contributed by atoms with Crippen molar-refractivity contribution in [3.8, 4) is 0 Å². The van der Waals surface area contributed by atoms with Gasteiger partial charge in [-0.1, -0.05) is 0 Å². The zero-order valence-electron chi connectivity index (χ0n) is 5.11. The fourth-order valence-electron chi connectivity index (χ4n) is 1.44. The van der Waals surface area contributed by atoms with Gasteiger partial charge in [-0.15, -0.1) is 0 Å². The van der Waals surface area contributed by atoms with E-state index in [1.54, 1.807) is 0 Å². The molecule has 0 amide bonds. The maximum Gasteiger partial charge on any atom is 0.0560 e. The van der Waals surface area contributed by atoms with E-state index >= 15 is 0 Å². The Morgan fingerprint density at radius 3 is 2.50 bits per heavy atom. The number of hydrogen-bond acceptors (Lipinski definition) is 2. The average molecular weight is 113 g/mol. The Morgan fingerprint density at radius 1 is 1.62 bits per heavy atom. The van der Waals surface area contributed by atoms with Crippen molar-refractivity contribution in [3.05, 3.63) is 0 Å². The molecule has 0 aromatic rings. The quantitative estimate of drug-likeness (QED) is 0.516. The summed E-state index contributed by atoms with van der Waals surface area (Å²) in [7, 11) is 2.03. The van der Waals surface area contributed by atoms with Gasteiger partial charge in [-0.3, -0.25) is 0 Å². The molecule has 1 aliphatic carbocycles. The minimum absolute atomic E-state index is 0.606. The number of rotatable bonds is 1. The highest BCUT2D eigenvalue weighted by atomic mass is 16.5. The topological polar surface area (TPSA) is 21.3 Å². The minimum atomic E-state index is 0.606. The lowest BCUT2D eigenvalue weighted by Crippen LogP contribution is -2.36. The van der Waals surface area contributed by atoms with E-state index in [9.17, 15) is 0 Å². The van der Waals surface area contributed by atoms with Gasteiger partial charge in [0.15, 0.2) is 0 Å². The van der Waals surface area contributed by atoms with Gasteiger partial charge in [0.05, 0.1) is 13.2 Å². The maximum atomic E-state index is 5.09. The summed E-state index contributed by atoms with van der Waals surface area (Å²) in [6, 6.07) is 0.774. The third-order valence-electron chi connectivity index (χ3n) is 2.32. The van der Waals surface area contributed by atoms with Crippen molar-refractivity contribution in [2.75, 3.05) is 20.3 Å². The molecule has 46 valence electrons. The van der Waals surface area contributed by atoms with Gasteiger partial charge in [0.1, 0.15) is 0 Å². The first kappa shape index (κ1) is 4.77. The molecule has 0 aromatic heterocycles. The van der Waals surface area contributed by atoms with E-state index < -0.39 is 0 Å². The largest absolute Gasteiger partial charge is 0.380 e. The average Bonchev–Trinajstić information content (AvgIpc) is 2.36. The second kappa shape index (κ2) is 1.25. The van der Waals surface area contributed by atoms with Crippen LogP contribution in [0.25, 0.3) is 0 Å². The highest BCUT2D eigenvalue weighted by molar-refractivity contribution is 5.11. The summed E-state index contributed by atoms with van der Waals surface area (Å²) in [5, 5.41) is 3.25. The monoisotopic (exact) mass is 113 g/mol. The van der Waals surface area contributed by atoms with E-state index in [-0.39, 0.29) is 0 Å². The molecular formula is C6H11NO. The molecule has 1 saturated heterocycles. The molecule has 1 unspecified atom stereocenters. The lowest BCUT2D eigenvalue weighted by molar-refractivity contribution is -0.0541. The van der Waals surface area contributed by atoms with Crippen LogP contribution in [-0.2, 0) is 4.74 Å². The molecule has 0 aromatic carbocycles. The van der Waals surface area contributed by atoms with Crippen molar-refractivity contribution in [1.29, 1.82) is 0 Å². The normalized spacial score (nSPS) is 39.4. The summed E-state index contributed by atoms with van der Waals surface area (Å²) in [6.07, 6.45) is 1.34. The van der Waals surface area contributed by atoms with E-state index in [1.807, 2.05) is 7.05 Å². The molecular weight excluding hydrogens is 102 g/mol. The first-order valence-electron chi connectivity index (χ1n) is 3.12. The van der Waals surface area contributed by atoms with Crippen molar-refractivity contribution in [3.63, 3.8) is 0 Å². The van der Waals surface area contributed by atoms with E-state index in [4.69, 9.17) is 4.74 Å². The molecule has 0 radical (unpaired) electrons. The Hall–Kier alpha value is -0.0800. The molecule has 1 spiro atoms. The summed E-state index contributed by atoms with van der Waals surface area (Å²) in [5.41, 5.74) is 0.606. The summed E-state index contributed by atoms with van der Waals surface area (Å²) in [5.74, 6) is 0. The Morgan fingerprint density at radius 2 is 2.38 bits per heavy atom. The highest BCUT2D eigenvalue weighted by Gasteiger charge is 2.58. The van der Waals surface area contributed by atoms with Gasteiger partial charge in [0.2, 0.25) is 0 Å². The van der Waals surface area contributed by atoms with Crippen LogP contribution in [-0.4, -0.2) is 26.3 Å². The molecule has 0 bridgehead atoms. The molecule has 1 heterocycles. The van der Waals surface area contributed by atoms with Crippen molar-refractivity contribution in [1.82, 2.24) is 5.32 Å². The molecule has 1 atom stereocenters. The molecule has 1 aliphatic heterocycles. The van der Waals surface area contributed by atoms with Gasteiger partial charge >= 0.3 is 0 Å². The second-order valence-corrected chi connectivity index (χ2v) is 2.90. The smallest absolute Gasteiger partial charge is 0.0560 e. The van der Waals surface area contributed by atoms with E-state index in [2.05, 4.69) is 5.32 Å². The van der Waals surface area contributed by atoms with E-state index in [1.165, 1.54) is 6.42 Å². The summed E-state index contributed by atoms with van der Waals surface area (Å²) < 4.78 is 5.09. The van der Waals surface area contributed by atoms with Crippen LogP contribution in [0.5, 0.6) is 0 Å². The zero-order valence-corrected chi connectivity index (χ0v) is 5.11. The summed E-state index contributed by atoms with van der Waals surface area (Å²) in [6.45, 7) is 2.00. The van der Waals surface area contributed by atoms with Crippen LogP contribution >= 0.6 is 0 Å². The standard InChI is InChI=1S/C6H11NO/c1-7-5-2-6(5)3-8-4-6/h5,7H,2-4H2,1H3. The van der Waals surface area contributed by atoms with Gasteiger partial charge in [-0.05, 0) is 13.5 Å². The number of hydrogen-bond donors (Lipinski definition) is 1. The lowest BCUT2D eigenvalue weighted by atomic mass is 10.1.